The summed E-state index contributed by atoms with van der Waals surface area (Å²) < 4.78 is 10.9. The Kier molecular flexibility index (Phi) is 11.3. The van der Waals surface area contributed by atoms with Gasteiger partial charge in [0.2, 0.25) is 11.8 Å². The molecule has 0 aliphatic heterocycles. The van der Waals surface area contributed by atoms with E-state index in [2.05, 4.69) is 12.2 Å². The minimum atomic E-state index is -0.488. The highest BCUT2D eigenvalue weighted by Crippen LogP contribution is 2.18. The van der Waals surface area contributed by atoms with Gasteiger partial charge in [0, 0.05) is 19.5 Å². The van der Waals surface area contributed by atoms with Crippen molar-refractivity contribution in [3.63, 3.8) is 0 Å². The highest BCUT2D eigenvalue weighted by atomic mass is 16.5. The fraction of sp³-hybridized carbons (Fsp3) is 0.481. The summed E-state index contributed by atoms with van der Waals surface area (Å²) in [4.78, 5) is 27.8. The number of carbonyl (C=O) groups excluding carboxylic acids is 2. The quantitative estimate of drug-likeness (QED) is 0.413. The highest BCUT2D eigenvalue weighted by molar-refractivity contribution is 5.87. The molecule has 0 unspecified atom stereocenters. The van der Waals surface area contributed by atoms with Gasteiger partial charge in [-0.25, -0.2) is 0 Å². The lowest BCUT2D eigenvalue weighted by Gasteiger charge is -2.31. The second kappa shape index (κ2) is 14.2. The summed E-state index contributed by atoms with van der Waals surface area (Å²) >= 11 is 0. The summed E-state index contributed by atoms with van der Waals surface area (Å²) in [6, 6.07) is 15.0. The van der Waals surface area contributed by atoms with Gasteiger partial charge in [0.25, 0.3) is 0 Å². The minimum absolute atomic E-state index is 0.0357. The number of nitrogens with one attached hydrogen (secondary N) is 1. The van der Waals surface area contributed by atoms with Gasteiger partial charge in [-0.05, 0) is 56.0 Å². The Balaban J connectivity index is 2.00. The minimum Gasteiger partial charge on any atom is -0.497 e. The zero-order valence-electron chi connectivity index (χ0n) is 20.4. The average molecular weight is 455 g/mol. The molecule has 0 bridgehead atoms. The monoisotopic (exact) mass is 454 g/mol. The van der Waals surface area contributed by atoms with E-state index in [4.69, 9.17) is 9.47 Å². The molecule has 0 radical (unpaired) electrons. The van der Waals surface area contributed by atoms with Gasteiger partial charge in [-0.3, -0.25) is 9.59 Å². The van der Waals surface area contributed by atoms with Crippen molar-refractivity contribution in [3.05, 3.63) is 59.7 Å². The summed E-state index contributed by atoms with van der Waals surface area (Å²) in [6.07, 6.45) is 3.40. The maximum absolute atomic E-state index is 13.2. The predicted molar refractivity (Wildman–Crippen MR) is 131 cm³/mol. The van der Waals surface area contributed by atoms with Gasteiger partial charge in [0.15, 0.2) is 0 Å². The lowest BCUT2D eigenvalue weighted by molar-refractivity contribution is -0.141. The Labute approximate surface area is 198 Å². The highest BCUT2D eigenvalue weighted by Gasteiger charge is 2.28. The predicted octanol–water partition coefficient (Wildman–Crippen LogP) is 4.89. The summed E-state index contributed by atoms with van der Waals surface area (Å²) in [7, 11) is 1.62. The first kappa shape index (κ1) is 26.2. The van der Waals surface area contributed by atoms with Gasteiger partial charge < -0.3 is 19.7 Å². The van der Waals surface area contributed by atoms with Gasteiger partial charge in [-0.1, -0.05) is 50.1 Å². The van der Waals surface area contributed by atoms with Crippen LogP contribution >= 0.6 is 0 Å². The number of unbranched alkanes of at least 4 members (excludes halogenated alkanes) is 1. The molecule has 33 heavy (non-hydrogen) atoms. The number of amides is 2. The molecular formula is C27H38N2O4. The molecule has 0 aromatic heterocycles. The Morgan fingerprint density at radius 1 is 0.970 bits per heavy atom. The van der Waals surface area contributed by atoms with E-state index >= 15 is 0 Å². The number of nitrogens with zero attached hydrogens (tertiary/aromatic N) is 1. The SMILES string of the molecule is CCCCNC(=O)[C@H](CC)N(Cc1ccc(C)cc1)C(=O)CCCOc1ccc(OC)cc1. The van der Waals surface area contributed by atoms with Crippen molar-refractivity contribution in [1.29, 1.82) is 0 Å². The van der Waals surface area contributed by atoms with Gasteiger partial charge in [0.1, 0.15) is 17.5 Å². The number of rotatable bonds is 14. The molecule has 0 spiro atoms. The van der Waals surface area contributed by atoms with Crippen molar-refractivity contribution in [2.24, 2.45) is 0 Å². The summed E-state index contributed by atoms with van der Waals surface area (Å²) in [5, 5.41) is 3.00. The molecule has 1 N–H and O–H groups in total. The Morgan fingerprint density at radius 3 is 2.24 bits per heavy atom. The van der Waals surface area contributed by atoms with Crippen LogP contribution in [0.2, 0.25) is 0 Å². The van der Waals surface area contributed by atoms with E-state index in [-0.39, 0.29) is 11.8 Å². The van der Waals surface area contributed by atoms with E-state index in [9.17, 15) is 9.59 Å². The van der Waals surface area contributed by atoms with Crippen LogP contribution in [0.25, 0.3) is 0 Å². The van der Waals surface area contributed by atoms with Crippen LogP contribution in [0.15, 0.2) is 48.5 Å². The van der Waals surface area contributed by atoms with Crippen LogP contribution in [-0.2, 0) is 16.1 Å². The van der Waals surface area contributed by atoms with Gasteiger partial charge >= 0.3 is 0 Å². The third-order valence-electron chi connectivity index (χ3n) is 5.55. The number of methoxy groups -OCH3 is 1. The maximum Gasteiger partial charge on any atom is 0.242 e. The van der Waals surface area contributed by atoms with Crippen molar-refractivity contribution in [2.45, 2.75) is 65.5 Å². The Hall–Kier alpha value is -3.02. The van der Waals surface area contributed by atoms with E-state index in [1.54, 1.807) is 12.0 Å². The van der Waals surface area contributed by atoms with Gasteiger partial charge in [0.05, 0.1) is 13.7 Å². The molecular weight excluding hydrogens is 416 g/mol. The van der Waals surface area contributed by atoms with Crippen molar-refractivity contribution in [2.75, 3.05) is 20.3 Å². The third-order valence-corrected chi connectivity index (χ3v) is 5.55. The molecule has 0 fully saturated rings. The molecule has 1 atom stereocenters. The molecule has 0 heterocycles. The van der Waals surface area contributed by atoms with Crippen molar-refractivity contribution >= 4 is 11.8 Å². The van der Waals surface area contributed by atoms with Crippen molar-refractivity contribution in [1.82, 2.24) is 10.2 Å². The smallest absolute Gasteiger partial charge is 0.242 e. The zero-order valence-corrected chi connectivity index (χ0v) is 20.4. The van der Waals surface area contributed by atoms with Crippen molar-refractivity contribution < 1.29 is 19.1 Å². The van der Waals surface area contributed by atoms with E-state index in [1.807, 2.05) is 62.4 Å². The van der Waals surface area contributed by atoms with Crippen LogP contribution in [0.4, 0.5) is 0 Å². The number of hydrogen-bond acceptors (Lipinski definition) is 4. The maximum atomic E-state index is 13.2. The van der Waals surface area contributed by atoms with E-state index in [0.29, 0.717) is 39.0 Å². The zero-order chi connectivity index (χ0) is 24.1. The third kappa shape index (κ3) is 8.79. The van der Waals surface area contributed by atoms with Crippen molar-refractivity contribution in [3.8, 4) is 11.5 Å². The van der Waals surface area contributed by atoms with Gasteiger partial charge in [-0.2, -0.15) is 0 Å². The summed E-state index contributed by atoms with van der Waals surface area (Å²) in [5.41, 5.74) is 2.18. The average Bonchev–Trinajstić information content (AvgIpc) is 2.83. The van der Waals surface area contributed by atoms with Crippen LogP contribution in [0, 0.1) is 6.92 Å². The molecule has 0 saturated heterocycles. The van der Waals surface area contributed by atoms with Crippen LogP contribution in [0.5, 0.6) is 11.5 Å². The molecule has 6 heteroatoms. The molecule has 2 amide bonds. The molecule has 0 saturated carbocycles. The Bertz CT molecular complexity index is 849. The molecule has 2 rings (SSSR count). The van der Waals surface area contributed by atoms with E-state index < -0.39 is 6.04 Å². The molecule has 2 aromatic carbocycles. The number of ether oxygens (including phenoxy) is 2. The second-order valence-electron chi connectivity index (χ2n) is 8.20. The molecule has 0 aliphatic carbocycles. The topological polar surface area (TPSA) is 67.9 Å². The number of carbonyl (C=O) groups is 2. The lowest BCUT2D eigenvalue weighted by atomic mass is 10.1. The fourth-order valence-electron chi connectivity index (χ4n) is 3.54. The molecule has 2 aromatic rings. The summed E-state index contributed by atoms with van der Waals surface area (Å²) in [5.74, 6) is 1.39. The van der Waals surface area contributed by atoms with Crippen LogP contribution < -0.4 is 14.8 Å². The molecule has 180 valence electrons. The first-order valence-electron chi connectivity index (χ1n) is 11.9. The van der Waals surface area contributed by atoms with E-state index in [0.717, 1.165) is 35.5 Å². The lowest BCUT2D eigenvalue weighted by Crippen LogP contribution is -2.49. The first-order valence-corrected chi connectivity index (χ1v) is 11.9. The molecule has 0 aliphatic rings. The van der Waals surface area contributed by atoms with Gasteiger partial charge in [-0.15, -0.1) is 0 Å². The van der Waals surface area contributed by atoms with Crippen LogP contribution in [0.1, 0.15) is 57.1 Å². The van der Waals surface area contributed by atoms with Crippen LogP contribution in [0.3, 0.4) is 0 Å². The standard InChI is InChI=1S/C27H38N2O4/c1-5-7-18-28-27(31)25(6-2)29(20-22-12-10-21(3)11-13-22)26(30)9-8-19-33-24-16-14-23(32-4)15-17-24/h10-17,25H,5-9,18-20H2,1-4H3,(H,28,31)/t25-/m0/s1. The second-order valence-corrected chi connectivity index (χ2v) is 8.20. The fourth-order valence-corrected chi connectivity index (χ4v) is 3.54. The molecule has 6 nitrogen and oxygen atoms in total. The van der Waals surface area contributed by atoms with E-state index in [1.165, 1.54) is 0 Å². The number of aryl methyl sites for hydroxylation is 1. The number of benzene rings is 2. The summed E-state index contributed by atoms with van der Waals surface area (Å²) in [6.45, 7) is 7.55. The van der Waals surface area contributed by atoms with Crippen LogP contribution in [-0.4, -0.2) is 43.0 Å². The normalized spacial score (nSPS) is 11.5. The largest absolute Gasteiger partial charge is 0.497 e. The Morgan fingerprint density at radius 2 is 1.64 bits per heavy atom. The first-order chi connectivity index (χ1) is 16.0. The number of hydrogen-bond donors (Lipinski definition) is 1.